The molecule has 1 fully saturated rings. The van der Waals surface area contributed by atoms with E-state index in [2.05, 4.69) is 54.9 Å². The molecular formula is C18H27N7. The van der Waals surface area contributed by atoms with Crippen molar-refractivity contribution in [3.8, 4) is 0 Å². The second kappa shape index (κ2) is 8.62. The molecule has 0 spiro atoms. The number of likely N-dealkylation sites (tertiary alicyclic amines) is 1. The van der Waals surface area contributed by atoms with Crippen LogP contribution in [0.15, 0.2) is 35.6 Å². The second-order valence-electron chi connectivity index (χ2n) is 6.38. The molecule has 0 amide bonds. The number of nitrogens with one attached hydrogen (secondary N) is 2. The lowest BCUT2D eigenvalue weighted by molar-refractivity contribution is 0.331. The van der Waals surface area contributed by atoms with Crippen molar-refractivity contribution in [2.45, 2.75) is 32.5 Å². The third-order valence-corrected chi connectivity index (χ3v) is 4.53. The third-order valence-electron chi connectivity index (χ3n) is 4.53. The zero-order valence-electron chi connectivity index (χ0n) is 15.1. The van der Waals surface area contributed by atoms with Gasteiger partial charge in [-0.15, -0.1) is 0 Å². The van der Waals surface area contributed by atoms with Crippen LogP contribution in [0.3, 0.4) is 0 Å². The highest BCUT2D eigenvalue weighted by molar-refractivity contribution is 5.79. The lowest BCUT2D eigenvalue weighted by Crippen LogP contribution is -2.36. The minimum atomic E-state index is 0.588. The van der Waals surface area contributed by atoms with Gasteiger partial charge in [0, 0.05) is 27.2 Å². The Hall–Kier alpha value is -2.41. The number of aromatic nitrogens is 3. The SMILES string of the molecule is CN=C(NCc1ccc(CN2CCCC2)cc1)NCc1ncnn1C. The first-order valence-electron chi connectivity index (χ1n) is 8.82. The van der Waals surface area contributed by atoms with Crippen LogP contribution in [0.1, 0.15) is 29.8 Å². The summed E-state index contributed by atoms with van der Waals surface area (Å²) in [5.74, 6) is 1.62. The zero-order valence-corrected chi connectivity index (χ0v) is 15.1. The fraction of sp³-hybridized carbons (Fsp3) is 0.500. The molecule has 3 rings (SSSR count). The zero-order chi connectivity index (χ0) is 17.5. The van der Waals surface area contributed by atoms with Gasteiger partial charge in [0.2, 0.25) is 0 Å². The highest BCUT2D eigenvalue weighted by Crippen LogP contribution is 2.13. The monoisotopic (exact) mass is 341 g/mol. The van der Waals surface area contributed by atoms with Crippen molar-refractivity contribution < 1.29 is 0 Å². The van der Waals surface area contributed by atoms with Gasteiger partial charge in [0.15, 0.2) is 5.96 Å². The van der Waals surface area contributed by atoms with Crippen LogP contribution in [0.4, 0.5) is 0 Å². The van der Waals surface area contributed by atoms with Crippen molar-refractivity contribution in [2.24, 2.45) is 12.0 Å². The van der Waals surface area contributed by atoms with E-state index in [0.29, 0.717) is 6.54 Å². The molecule has 1 aliphatic rings. The molecule has 0 atom stereocenters. The number of hydrogen-bond acceptors (Lipinski definition) is 4. The Morgan fingerprint density at radius 3 is 2.40 bits per heavy atom. The maximum atomic E-state index is 4.25. The minimum absolute atomic E-state index is 0.588. The molecule has 0 radical (unpaired) electrons. The summed E-state index contributed by atoms with van der Waals surface area (Å²) >= 11 is 0. The summed E-state index contributed by atoms with van der Waals surface area (Å²) in [5, 5.41) is 10.6. The van der Waals surface area contributed by atoms with Crippen molar-refractivity contribution in [1.82, 2.24) is 30.3 Å². The van der Waals surface area contributed by atoms with Crippen LogP contribution in [-0.4, -0.2) is 45.8 Å². The second-order valence-corrected chi connectivity index (χ2v) is 6.38. The van der Waals surface area contributed by atoms with Crippen molar-refractivity contribution in [1.29, 1.82) is 0 Å². The van der Waals surface area contributed by atoms with Gasteiger partial charge in [0.25, 0.3) is 0 Å². The Balaban J connectivity index is 1.45. The first kappa shape index (κ1) is 17.4. The molecule has 7 heteroatoms. The first-order valence-corrected chi connectivity index (χ1v) is 8.82. The smallest absolute Gasteiger partial charge is 0.191 e. The molecule has 7 nitrogen and oxygen atoms in total. The van der Waals surface area contributed by atoms with Crippen LogP contribution in [-0.2, 0) is 26.7 Å². The van der Waals surface area contributed by atoms with E-state index in [0.717, 1.165) is 24.9 Å². The molecule has 0 aliphatic carbocycles. The van der Waals surface area contributed by atoms with Crippen LogP contribution in [0.2, 0.25) is 0 Å². The number of hydrogen-bond donors (Lipinski definition) is 2. The highest BCUT2D eigenvalue weighted by atomic mass is 15.3. The number of benzene rings is 1. The predicted octanol–water partition coefficient (Wildman–Crippen LogP) is 1.28. The molecule has 2 heterocycles. The molecule has 1 aromatic heterocycles. The van der Waals surface area contributed by atoms with E-state index in [1.165, 1.54) is 37.1 Å². The van der Waals surface area contributed by atoms with E-state index in [-0.39, 0.29) is 0 Å². The Morgan fingerprint density at radius 1 is 1.08 bits per heavy atom. The molecule has 2 aromatic rings. The van der Waals surface area contributed by atoms with Gasteiger partial charge in [-0.05, 0) is 37.1 Å². The van der Waals surface area contributed by atoms with E-state index < -0.39 is 0 Å². The summed E-state index contributed by atoms with van der Waals surface area (Å²) in [5.41, 5.74) is 2.63. The maximum Gasteiger partial charge on any atom is 0.191 e. The average molecular weight is 341 g/mol. The Kier molecular flexibility index (Phi) is 6.00. The average Bonchev–Trinajstić information content (AvgIpc) is 3.28. The highest BCUT2D eigenvalue weighted by Gasteiger charge is 2.11. The van der Waals surface area contributed by atoms with Gasteiger partial charge >= 0.3 is 0 Å². The predicted molar refractivity (Wildman–Crippen MR) is 99.0 cm³/mol. The summed E-state index contributed by atoms with van der Waals surface area (Å²) in [4.78, 5) is 11.0. The van der Waals surface area contributed by atoms with Gasteiger partial charge in [-0.1, -0.05) is 24.3 Å². The van der Waals surface area contributed by atoms with Crippen molar-refractivity contribution in [3.63, 3.8) is 0 Å². The number of rotatable bonds is 6. The van der Waals surface area contributed by atoms with Gasteiger partial charge in [0.05, 0.1) is 6.54 Å². The summed E-state index contributed by atoms with van der Waals surface area (Å²) in [6.45, 7) is 4.86. The quantitative estimate of drug-likeness (QED) is 0.612. The number of aryl methyl sites for hydroxylation is 1. The normalized spacial score (nSPS) is 15.5. The lowest BCUT2D eigenvalue weighted by Gasteiger charge is -2.15. The summed E-state index contributed by atoms with van der Waals surface area (Å²) in [6.07, 6.45) is 4.22. The molecule has 1 aromatic carbocycles. The van der Waals surface area contributed by atoms with E-state index >= 15 is 0 Å². The summed E-state index contributed by atoms with van der Waals surface area (Å²) < 4.78 is 1.75. The van der Waals surface area contributed by atoms with Gasteiger partial charge in [0.1, 0.15) is 12.2 Å². The molecule has 1 aliphatic heterocycles. The van der Waals surface area contributed by atoms with Gasteiger partial charge < -0.3 is 10.6 Å². The van der Waals surface area contributed by atoms with Crippen LogP contribution >= 0.6 is 0 Å². The Morgan fingerprint density at radius 2 is 1.76 bits per heavy atom. The molecule has 0 unspecified atom stereocenters. The third kappa shape index (κ3) is 5.03. The summed E-state index contributed by atoms with van der Waals surface area (Å²) in [7, 11) is 3.65. The van der Waals surface area contributed by atoms with Gasteiger partial charge in [-0.2, -0.15) is 5.10 Å². The lowest BCUT2D eigenvalue weighted by atomic mass is 10.1. The fourth-order valence-electron chi connectivity index (χ4n) is 3.01. The number of aliphatic imine (C=N–C) groups is 1. The van der Waals surface area contributed by atoms with Crippen molar-refractivity contribution in [3.05, 3.63) is 47.5 Å². The standard InChI is InChI=1S/C18H27N7/c1-19-18(21-12-17-22-14-23-24(17)2)20-11-15-5-7-16(8-6-15)13-25-9-3-4-10-25/h5-8,14H,3-4,9-13H2,1-2H3,(H2,19,20,21). The molecule has 0 bridgehead atoms. The van der Waals surface area contributed by atoms with Crippen LogP contribution in [0, 0.1) is 0 Å². The number of nitrogens with zero attached hydrogens (tertiary/aromatic N) is 5. The summed E-state index contributed by atoms with van der Waals surface area (Å²) in [6, 6.07) is 8.83. The van der Waals surface area contributed by atoms with E-state index in [9.17, 15) is 0 Å². The Labute approximate surface area is 149 Å². The first-order chi connectivity index (χ1) is 12.2. The van der Waals surface area contributed by atoms with E-state index in [1.54, 1.807) is 18.1 Å². The fourth-order valence-corrected chi connectivity index (χ4v) is 3.01. The number of guanidine groups is 1. The van der Waals surface area contributed by atoms with Crippen LogP contribution in [0.25, 0.3) is 0 Å². The molecule has 0 saturated carbocycles. The molecule has 25 heavy (non-hydrogen) atoms. The Bertz CT molecular complexity index is 684. The van der Waals surface area contributed by atoms with E-state index in [4.69, 9.17) is 0 Å². The van der Waals surface area contributed by atoms with Gasteiger partial charge in [-0.3, -0.25) is 14.6 Å². The van der Waals surface area contributed by atoms with Crippen LogP contribution < -0.4 is 10.6 Å². The van der Waals surface area contributed by atoms with Crippen molar-refractivity contribution >= 4 is 5.96 Å². The van der Waals surface area contributed by atoms with E-state index in [1.807, 2.05) is 7.05 Å². The molecule has 134 valence electrons. The van der Waals surface area contributed by atoms with Crippen LogP contribution in [0.5, 0.6) is 0 Å². The van der Waals surface area contributed by atoms with Gasteiger partial charge in [-0.25, -0.2) is 4.98 Å². The maximum absolute atomic E-state index is 4.25. The minimum Gasteiger partial charge on any atom is -0.352 e. The molecule has 1 saturated heterocycles. The van der Waals surface area contributed by atoms with Crippen molar-refractivity contribution in [2.75, 3.05) is 20.1 Å². The molecule has 2 N–H and O–H groups in total. The largest absolute Gasteiger partial charge is 0.352 e. The topological polar surface area (TPSA) is 70.4 Å². The molecular weight excluding hydrogens is 314 g/mol.